The third-order valence-electron chi connectivity index (χ3n) is 0.565. The van der Waals surface area contributed by atoms with E-state index in [2.05, 4.69) is 9.39 Å². The highest BCUT2D eigenvalue weighted by Gasteiger charge is 2.04. The van der Waals surface area contributed by atoms with Gasteiger partial charge in [-0.2, -0.15) is 0 Å². The van der Waals surface area contributed by atoms with Crippen molar-refractivity contribution in [1.82, 2.24) is 7.78 Å². The van der Waals surface area contributed by atoms with E-state index in [9.17, 15) is 4.79 Å². The van der Waals surface area contributed by atoms with E-state index < -0.39 is 0 Å². The topological polar surface area (TPSA) is 23.6 Å². The van der Waals surface area contributed by atoms with Gasteiger partial charge in [-0.3, -0.25) is 3.11 Å². The molecule has 0 aliphatic heterocycles. The fraction of sp³-hybridized carbons (Fsp3) is 0.800. The second-order valence-electron chi connectivity index (χ2n) is 1.37. The van der Waals surface area contributed by atoms with Crippen molar-refractivity contribution >= 4 is 38.3 Å². The molecule has 0 heterocycles. The Morgan fingerprint density at radius 3 is 1.70 bits per heavy atom. The minimum Gasteiger partial charge on any atom is -0.312 e. The average Bonchev–Trinajstić information content (AvgIpc) is 1.90. The summed E-state index contributed by atoms with van der Waals surface area (Å²) in [5.41, 5.74) is 0. The van der Waals surface area contributed by atoms with Crippen LogP contribution < -0.4 is 0 Å². The fourth-order valence-corrected chi connectivity index (χ4v) is 0.966. The first-order chi connectivity index (χ1) is 4.55. The van der Waals surface area contributed by atoms with Gasteiger partial charge in [0.15, 0.2) is 0 Å². The van der Waals surface area contributed by atoms with Crippen molar-refractivity contribution in [1.29, 1.82) is 0 Å². The smallest absolute Gasteiger partial charge is 0.312 e. The lowest BCUT2D eigenvalue weighted by Gasteiger charge is -2.13. The van der Waals surface area contributed by atoms with Crippen LogP contribution in [0.2, 0.25) is 0 Å². The van der Waals surface area contributed by atoms with Crippen LogP contribution in [-0.4, -0.2) is 27.9 Å². The summed E-state index contributed by atoms with van der Waals surface area (Å²) in [6, 6.07) is -0.0319. The van der Waals surface area contributed by atoms with Gasteiger partial charge in [0.05, 0.1) is 22.9 Å². The summed E-state index contributed by atoms with van der Waals surface area (Å²) >= 11 is 1.91. The third-order valence-corrected chi connectivity index (χ3v) is 1.20. The minimum atomic E-state index is -0.0319. The first-order valence-corrected chi connectivity index (χ1v) is 4.45. The van der Waals surface area contributed by atoms with Crippen molar-refractivity contribution in [2.24, 2.45) is 0 Å². The van der Waals surface area contributed by atoms with Crippen LogP contribution in [0.15, 0.2) is 0 Å². The van der Waals surface area contributed by atoms with Crippen molar-refractivity contribution in [3.63, 3.8) is 0 Å². The van der Waals surface area contributed by atoms with E-state index >= 15 is 0 Å². The molecule has 10 heavy (non-hydrogen) atoms. The minimum absolute atomic E-state index is 0.0319. The SMILES string of the molecule is CC.CN(P)C(=O)N(C)I. The Hall–Kier alpha value is 0.430. The van der Waals surface area contributed by atoms with Gasteiger partial charge in [0.25, 0.3) is 0 Å². The Bertz CT molecular complexity index is 87.6. The Morgan fingerprint density at radius 2 is 1.70 bits per heavy atom. The number of hydrogen-bond donors (Lipinski definition) is 0. The Kier molecular flexibility index (Phi) is 9.84. The number of halogens is 1. The summed E-state index contributed by atoms with van der Waals surface area (Å²) in [6.07, 6.45) is 0. The molecule has 0 saturated carbocycles. The Morgan fingerprint density at radius 1 is 1.40 bits per heavy atom. The maximum atomic E-state index is 10.7. The maximum Gasteiger partial charge on any atom is 0.331 e. The van der Waals surface area contributed by atoms with Crippen LogP contribution >= 0.6 is 32.3 Å². The fourth-order valence-electron chi connectivity index (χ4n) is 0.217. The van der Waals surface area contributed by atoms with Crippen LogP contribution in [0.3, 0.4) is 0 Å². The van der Waals surface area contributed by atoms with Crippen molar-refractivity contribution in [3.8, 4) is 0 Å². The van der Waals surface area contributed by atoms with E-state index in [1.165, 1.54) is 7.78 Å². The van der Waals surface area contributed by atoms with Crippen LogP contribution in [0.25, 0.3) is 0 Å². The number of rotatable bonds is 0. The van der Waals surface area contributed by atoms with Gasteiger partial charge >= 0.3 is 6.03 Å². The van der Waals surface area contributed by atoms with Gasteiger partial charge in [0, 0.05) is 14.1 Å². The van der Waals surface area contributed by atoms with Crippen LogP contribution in [-0.2, 0) is 0 Å². The van der Waals surface area contributed by atoms with Crippen LogP contribution in [0.4, 0.5) is 4.79 Å². The van der Waals surface area contributed by atoms with E-state index in [-0.39, 0.29) is 6.03 Å². The van der Waals surface area contributed by atoms with E-state index in [0.29, 0.717) is 0 Å². The highest BCUT2D eigenvalue weighted by Crippen LogP contribution is 2.02. The normalized spacial score (nSPS) is 7.40. The lowest BCUT2D eigenvalue weighted by Crippen LogP contribution is -2.25. The van der Waals surface area contributed by atoms with Crippen molar-refractivity contribution < 1.29 is 4.79 Å². The molecule has 5 heteroatoms. The van der Waals surface area contributed by atoms with Gasteiger partial charge < -0.3 is 4.67 Å². The molecule has 0 aromatic rings. The summed E-state index contributed by atoms with van der Waals surface area (Å²) in [5, 5.41) is 0. The Balaban J connectivity index is 0. The molecule has 0 saturated heterocycles. The lowest BCUT2D eigenvalue weighted by atomic mass is 11.0. The van der Waals surface area contributed by atoms with Gasteiger partial charge in [-0.05, 0) is 9.39 Å². The van der Waals surface area contributed by atoms with E-state index in [0.717, 1.165) is 0 Å². The molecule has 0 fully saturated rings. The zero-order valence-electron chi connectivity index (χ0n) is 6.76. The molecule has 0 bridgehead atoms. The Labute approximate surface area is 78.9 Å². The summed E-state index contributed by atoms with van der Waals surface area (Å²) in [4.78, 5) is 10.7. The molecular formula is C5H14IN2OP. The molecule has 0 aliphatic rings. The molecule has 62 valence electrons. The molecule has 0 rings (SSSR count). The number of carbonyl (C=O) groups is 1. The predicted octanol–water partition coefficient (Wildman–Crippen LogP) is 2.14. The third kappa shape index (κ3) is 6.55. The van der Waals surface area contributed by atoms with Crippen LogP contribution in [0.1, 0.15) is 13.8 Å². The molecule has 2 amide bonds. The first kappa shape index (κ1) is 13.1. The summed E-state index contributed by atoms with van der Waals surface area (Å²) < 4.78 is 2.91. The standard InChI is InChI=1S/C3H8IN2OP.C2H6/c1-5(4)3(7)6(2)8;1-2/h8H2,1-2H3;1-2H3. The molecule has 1 atom stereocenters. The molecule has 0 aromatic heterocycles. The van der Waals surface area contributed by atoms with Gasteiger partial charge in [0.1, 0.15) is 0 Å². The monoisotopic (exact) mass is 276 g/mol. The van der Waals surface area contributed by atoms with E-state index in [1.807, 2.05) is 36.7 Å². The van der Waals surface area contributed by atoms with Crippen molar-refractivity contribution in [3.05, 3.63) is 0 Å². The number of carbonyl (C=O) groups excluding carboxylic acids is 1. The zero-order chi connectivity index (χ0) is 8.73. The summed E-state index contributed by atoms with van der Waals surface area (Å²) in [6.45, 7) is 4.00. The number of amides is 2. The number of hydrogen-bond acceptors (Lipinski definition) is 1. The van der Waals surface area contributed by atoms with Gasteiger partial charge in [0.2, 0.25) is 0 Å². The van der Waals surface area contributed by atoms with E-state index in [4.69, 9.17) is 0 Å². The lowest BCUT2D eigenvalue weighted by molar-refractivity contribution is 0.222. The average molecular weight is 276 g/mol. The second kappa shape index (κ2) is 7.54. The molecule has 0 N–H and O–H groups in total. The molecule has 1 unspecified atom stereocenters. The second-order valence-corrected chi connectivity index (χ2v) is 3.59. The van der Waals surface area contributed by atoms with Gasteiger partial charge in [-0.1, -0.05) is 13.8 Å². The first-order valence-electron chi connectivity index (χ1n) is 2.97. The predicted molar refractivity (Wildman–Crippen MR) is 56.0 cm³/mol. The van der Waals surface area contributed by atoms with Crippen molar-refractivity contribution in [2.45, 2.75) is 13.8 Å². The van der Waals surface area contributed by atoms with Gasteiger partial charge in [-0.15, -0.1) is 0 Å². The molecular weight excluding hydrogens is 262 g/mol. The summed E-state index contributed by atoms with van der Waals surface area (Å²) in [5.74, 6) is 0. The summed E-state index contributed by atoms with van der Waals surface area (Å²) in [7, 11) is 5.66. The highest BCUT2D eigenvalue weighted by molar-refractivity contribution is 14.1. The zero-order valence-corrected chi connectivity index (χ0v) is 10.1. The molecule has 0 radical (unpaired) electrons. The van der Waals surface area contributed by atoms with Crippen LogP contribution in [0.5, 0.6) is 0 Å². The molecule has 3 nitrogen and oxygen atoms in total. The highest BCUT2D eigenvalue weighted by atomic mass is 127. The number of urea groups is 1. The van der Waals surface area contributed by atoms with E-state index in [1.54, 1.807) is 14.1 Å². The quantitative estimate of drug-likeness (QED) is 0.378. The molecule has 0 aromatic carbocycles. The van der Waals surface area contributed by atoms with Crippen LogP contribution in [0, 0.1) is 0 Å². The maximum absolute atomic E-state index is 10.7. The molecule has 0 aliphatic carbocycles. The largest absolute Gasteiger partial charge is 0.331 e. The van der Waals surface area contributed by atoms with Gasteiger partial charge in [-0.25, -0.2) is 4.79 Å². The number of nitrogens with zero attached hydrogens (tertiary/aromatic N) is 2. The molecule has 0 spiro atoms. The van der Waals surface area contributed by atoms with Crippen molar-refractivity contribution in [2.75, 3.05) is 14.1 Å².